The summed E-state index contributed by atoms with van der Waals surface area (Å²) >= 11 is 0. The van der Waals surface area contributed by atoms with E-state index in [2.05, 4.69) is 140 Å². The maximum Gasteiger partial charge on any atom is 0.164 e. The molecule has 0 aliphatic heterocycles. The van der Waals surface area contributed by atoms with Crippen LogP contribution in [0.1, 0.15) is 0 Å². The van der Waals surface area contributed by atoms with Crippen molar-refractivity contribution >= 4 is 54.3 Å². The standard InChI is InChI=1S/C45H27N3O/c1-2-8-28(9-3-1)31-15-16-33-24-36(20-17-32(33)22-31)44-46-43(35-19-14-29-10-4-5-11-30(29)23-35)47-45(48-44)37-21-18-34-27-42-40(26-38(34)25-37)39-12-6-7-13-41(39)49-42/h1-27H. The van der Waals surface area contributed by atoms with Crippen LogP contribution in [-0.4, -0.2) is 15.0 Å². The summed E-state index contributed by atoms with van der Waals surface area (Å²) in [4.78, 5) is 15.3. The minimum absolute atomic E-state index is 0.631. The number of hydrogen-bond donors (Lipinski definition) is 0. The van der Waals surface area contributed by atoms with E-state index >= 15 is 0 Å². The summed E-state index contributed by atoms with van der Waals surface area (Å²) in [5.74, 6) is 1.91. The fourth-order valence-electron chi connectivity index (χ4n) is 6.89. The van der Waals surface area contributed by atoms with Gasteiger partial charge in [0.15, 0.2) is 17.5 Å². The van der Waals surface area contributed by atoms with Crippen LogP contribution in [0.2, 0.25) is 0 Å². The third-order valence-electron chi connectivity index (χ3n) is 9.44. The molecule has 10 aromatic rings. The van der Waals surface area contributed by atoms with E-state index in [9.17, 15) is 0 Å². The van der Waals surface area contributed by atoms with Crippen LogP contribution >= 0.6 is 0 Å². The van der Waals surface area contributed by atoms with Gasteiger partial charge in [-0.3, -0.25) is 0 Å². The van der Waals surface area contributed by atoms with Crippen LogP contribution in [0.15, 0.2) is 168 Å². The number of hydrogen-bond acceptors (Lipinski definition) is 4. The van der Waals surface area contributed by atoms with E-state index in [1.54, 1.807) is 0 Å². The Labute approximate surface area is 282 Å². The zero-order valence-electron chi connectivity index (χ0n) is 26.3. The van der Waals surface area contributed by atoms with Crippen molar-refractivity contribution in [3.8, 4) is 45.3 Å². The highest BCUT2D eigenvalue weighted by molar-refractivity contribution is 6.10. The predicted octanol–water partition coefficient (Wildman–Crippen LogP) is 11.9. The second-order valence-corrected chi connectivity index (χ2v) is 12.5. The molecule has 4 heteroatoms. The van der Waals surface area contributed by atoms with E-state index in [1.807, 2.05) is 24.3 Å². The summed E-state index contributed by atoms with van der Waals surface area (Å²) in [6.45, 7) is 0. The molecule has 2 aromatic heterocycles. The molecule has 0 aliphatic rings. The Morgan fingerprint density at radius 1 is 0.286 bits per heavy atom. The lowest BCUT2D eigenvalue weighted by Gasteiger charge is -2.11. The average Bonchev–Trinajstić information content (AvgIpc) is 3.53. The lowest BCUT2D eigenvalue weighted by Crippen LogP contribution is -2.00. The summed E-state index contributed by atoms with van der Waals surface area (Å²) in [7, 11) is 0. The monoisotopic (exact) mass is 625 g/mol. The van der Waals surface area contributed by atoms with Crippen LogP contribution in [-0.2, 0) is 0 Å². The third-order valence-corrected chi connectivity index (χ3v) is 9.44. The maximum atomic E-state index is 6.16. The number of furan rings is 1. The van der Waals surface area contributed by atoms with Crippen molar-refractivity contribution < 1.29 is 4.42 Å². The summed E-state index contributed by atoms with van der Waals surface area (Å²) in [5.41, 5.74) is 6.99. The number of aromatic nitrogens is 3. The molecule has 0 saturated carbocycles. The number of benzene rings is 8. The maximum absolute atomic E-state index is 6.16. The van der Waals surface area contributed by atoms with Gasteiger partial charge in [-0.25, -0.2) is 15.0 Å². The molecule has 0 amide bonds. The van der Waals surface area contributed by atoms with Crippen molar-refractivity contribution in [3.63, 3.8) is 0 Å². The van der Waals surface area contributed by atoms with Crippen LogP contribution in [0, 0.1) is 0 Å². The van der Waals surface area contributed by atoms with Gasteiger partial charge in [-0.05, 0) is 85.9 Å². The molecular weight excluding hydrogens is 599 g/mol. The first-order chi connectivity index (χ1) is 24.2. The third kappa shape index (κ3) is 4.81. The van der Waals surface area contributed by atoms with Gasteiger partial charge < -0.3 is 4.42 Å². The zero-order valence-corrected chi connectivity index (χ0v) is 26.3. The molecular formula is C45H27N3O. The molecule has 0 bridgehead atoms. The minimum Gasteiger partial charge on any atom is -0.456 e. The van der Waals surface area contributed by atoms with Gasteiger partial charge in [0, 0.05) is 27.5 Å². The van der Waals surface area contributed by atoms with Gasteiger partial charge in [0.05, 0.1) is 0 Å². The lowest BCUT2D eigenvalue weighted by molar-refractivity contribution is 0.669. The largest absolute Gasteiger partial charge is 0.456 e. The van der Waals surface area contributed by atoms with Gasteiger partial charge in [-0.2, -0.15) is 0 Å². The first-order valence-electron chi connectivity index (χ1n) is 16.4. The van der Waals surface area contributed by atoms with E-state index in [4.69, 9.17) is 19.4 Å². The topological polar surface area (TPSA) is 51.8 Å². The number of rotatable bonds is 4. The van der Waals surface area contributed by atoms with Crippen molar-refractivity contribution in [1.82, 2.24) is 15.0 Å². The molecule has 0 N–H and O–H groups in total. The van der Waals surface area contributed by atoms with Crippen LogP contribution in [0.4, 0.5) is 0 Å². The number of fused-ring (bicyclic) bond motifs is 6. The van der Waals surface area contributed by atoms with E-state index in [-0.39, 0.29) is 0 Å². The molecule has 10 rings (SSSR count). The Balaban J connectivity index is 1.13. The minimum atomic E-state index is 0.631. The normalized spacial score (nSPS) is 11.7. The molecule has 0 saturated heterocycles. The molecule has 0 aliphatic carbocycles. The summed E-state index contributed by atoms with van der Waals surface area (Å²) in [6.07, 6.45) is 0. The molecule has 0 unspecified atom stereocenters. The van der Waals surface area contributed by atoms with Crippen molar-refractivity contribution in [2.45, 2.75) is 0 Å². The van der Waals surface area contributed by atoms with E-state index < -0.39 is 0 Å². The van der Waals surface area contributed by atoms with Crippen LogP contribution < -0.4 is 0 Å². The molecule has 0 radical (unpaired) electrons. The van der Waals surface area contributed by atoms with Gasteiger partial charge in [0.1, 0.15) is 11.2 Å². The fourth-order valence-corrected chi connectivity index (χ4v) is 6.89. The van der Waals surface area contributed by atoms with Crippen molar-refractivity contribution in [1.29, 1.82) is 0 Å². The quantitative estimate of drug-likeness (QED) is 0.195. The molecule has 49 heavy (non-hydrogen) atoms. The molecule has 4 nitrogen and oxygen atoms in total. The summed E-state index contributed by atoms with van der Waals surface area (Å²) in [6, 6.07) is 57.1. The van der Waals surface area contributed by atoms with Crippen molar-refractivity contribution in [3.05, 3.63) is 164 Å². The Morgan fingerprint density at radius 3 is 1.47 bits per heavy atom. The fraction of sp³-hybridized carbons (Fsp3) is 0. The molecule has 2 heterocycles. The first kappa shape index (κ1) is 27.5. The Bertz CT molecular complexity index is 2890. The molecule has 0 atom stereocenters. The van der Waals surface area contributed by atoms with E-state index in [0.29, 0.717) is 17.5 Å². The van der Waals surface area contributed by atoms with Gasteiger partial charge in [-0.15, -0.1) is 0 Å². The van der Waals surface area contributed by atoms with Crippen LogP contribution in [0.5, 0.6) is 0 Å². The molecule has 0 spiro atoms. The second-order valence-electron chi connectivity index (χ2n) is 12.5. The lowest BCUT2D eigenvalue weighted by atomic mass is 10.00. The Kier molecular flexibility index (Phi) is 6.15. The van der Waals surface area contributed by atoms with Crippen molar-refractivity contribution in [2.24, 2.45) is 0 Å². The highest BCUT2D eigenvalue weighted by atomic mass is 16.3. The van der Waals surface area contributed by atoms with Gasteiger partial charge in [0.2, 0.25) is 0 Å². The van der Waals surface area contributed by atoms with E-state index in [1.165, 1.54) is 21.9 Å². The summed E-state index contributed by atoms with van der Waals surface area (Å²) < 4.78 is 6.16. The number of nitrogens with zero attached hydrogens (tertiary/aromatic N) is 3. The van der Waals surface area contributed by atoms with Crippen molar-refractivity contribution in [2.75, 3.05) is 0 Å². The van der Waals surface area contributed by atoms with E-state index in [0.717, 1.165) is 60.2 Å². The zero-order chi connectivity index (χ0) is 32.3. The second kappa shape index (κ2) is 11.0. The van der Waals surface area contributed by atoms with Crippen LogP contribution in [0.3, 0.4) is 0 Å². The Morgan fingerprint density at radius 2 is 0.776 bits per heavy atom. The highest BCUT2D eigenvalue weighted by Gasteiger charge is 2.15. The highest BCUT2D eigenvalue weighted by Crippen LogP contribution is 2.35. The Hall–Kier alpha value is -6.65. The first-order valence-corrected chi connectivity index (χ1v) is 16.4. The summed E-state index contributed by atoms with van der Waals surface area (Å²) in [5, 5.41) is 9.03. The SMILES string of the molecule is c1ccc(-c2ccc3cc(-c4nc(-c5ccc6ccccc6c5)nc(-c5ccc6cc7oc8ccccc8c7cc6c5)n4)ccc3c2)cc1. The molecule has 8 aromatic carbocycles. The molecule has 0 fully saturated rings. The smallest absolute Gasteiger partial charge is 0.164 e. The van der Waals surface area contributed by atoms with Gasteiger partial charge in [-0.1, -0.05) is 121 Å². The molecule has 228 valence electrons. The average molecular weight is 626 g/mol. The van der Waals surface area contributed by atoms with Gasteiger partial charge >= 0.3 is 0 Å². The van der Waals surface area contributed by atoms with Crippen LogP contribution in [0.25, 0.3) is 99.5 Å². The van der Waals surface area contributed by atoms with Gasteiger partial charge in [0.25, 0.3) is 0 Å². The predicted molar refractivity (Wildman–Crippen MR) is 201 cm³/mol. The number of para-hydroxylation sites is 1.